The number of hydrogen-bond acceptors (Lipinski definition) is 8. The number of aromatic nitrogens is 2. The maximum atomic E-state index is 13.6. The Morgan fingerprint density at radius 2 is 1.87 bits per heavy atom. The van der Waals surface area contributed by atoms with Gasteiger partial charge in [0, 0.05) is 0 Å². The summed E-state index contributed by atoms with van der Waals surface area (Å²) in [5.74, 6) is 0.598. The van der Waals surface area contributed by atoms with E-state index in [-0.39, 0.29) is 16.8 Å². The van der Waals surface area contributed by atoms with Crippen LogP contribution in [-0.2, 0) is 0 Å². The Kier molecular flexibility index (Phi) is 4.48. The lowest BCUT2D eigenvalue weighted by molar-refractivity contribution is 0.0970. The van der Waals surface area contributed by atoms with E-state index in [0.717, 1.165) is 5.56 Å². The van der Waals surface area contributed by atoms with Gasteiger partial charge in [-0.3, -0.25) is 14.5 Å². The summed E-state index contributed by atoms with van der Waals surface area (Å²) in [5, 5.41) is 8.73. The minimum Gasteiger partial charge on any atom is -0.493 e. The van der Waals surface area contributed by atoms with Gasteiger partial charge in [-0.1, -0.05) is 29.0 Å². The van der Waals surface area contributed by atoms with Crippen molar-refractivity contribution in [3.63, 3.8) is 0 Å². The van der Waals surface area contributed by atoms with E-state index in [2.05, 4.69) is 10.2 Å². The zero-order chi connectivity index (χ0) is 21.7. The van der Waals surface area contributed by atoms with E-state index >= 15 is 0 Å². The molecule has 0 spiro atoms. The molecule has 0 radical (unpaired) electrons. The molecule has 4 aromatic rings. The van der Waals surface area contributed by atoms with Crippen LogP contribution in [0, 0.1) is 6.92 Å². The SMILES string of the molecule is COc1ccc([C@H]2c3c(oc4ccc(C)cc4c3=O)C(=O)N2c2nncs2)cc1OC. The van der Waals surface area contributed by atoms with Gasteiger partial charge in [0.25, 0.3) is 5.91 Å². The fraction of sp³-hybridized carbons (Fsp3) is 0.182. The molecule has 5 rings (SSSR count). The lowest BCUT2D eigenvalue weighted by atomic mass is 9.98. The second-order valence-corrected chi connectivity index (χ2v) is 7.90. The number of ether oxygens (including phenoxy) is 2. The van der Waals surface area contributed by atoms with Crippen molar-refractivity contribution in [1.82, 2.24) is 10.2 Å². The fourth-order valence-corrected chi connectivity index (χ4v) is 4.48. The standard InChI is InChI=1S/C22H17N3O5S/c1-11-4-6-14-13(8-11)19(26)17-18(12-5-7-15(28-2)16(9-12)29-3)25(21(27)20(17)30-14)22-24-23-10-31-22/h4-10,18H,1-3H3/t18-/m0/s1. The zero-order valence-electron chi connectivity index (χ0n) is 16.9. The highest BCUT2D eigenvalue weighted by molar-refractivity contribution is 7.13. The highest BCUT2D eigenvalue weighted by Gasteiger charge is 2.45. The lowest BCUT2D eigenvalue weighted by Gasteiger charge is -2.22. The number of methoxy groups -OCH3 is 2. The molecule has 2 aromatic carbocycles. The summed E-state index contributed by atoms with van der Waals surface area (Å²) in [5.41, 5.74) is 3.51. The molecule has 1 amide bonds. The Hall–Kier alpha value is -3.72. The quantitative estimate of drug-likeness (QED) is 0.482. The molecule has 3 heterocycles. The number of amides is 1. The predicted octanol–water partition coefficient (Wildman–Crippen LogP) is 3.72. The number of aryl methyl sites for hydroxylation is 1. The first-order valence-electron chi connectivity index (χ1n) is 9.42. The third-order valence-electron chi connectivity index (χ3n) is 5.30. The Morgan fingerprint density at radius 3 is 2.58 bits per heavy atom. The fourth-order valence-electron chi connectivity index (χ4n) is 3.89. The van der Waals surface area contributed by atoms with Gasteiger partial charge < -0.3 is 13.9 Å². The van der Waals surface area contributed by atoms with Crippen LogP contribution in [-0.4, -0.2) is 30.3 Å². The van der Waals surface area contributed by atoms with Gasteiger partial charge in [0.1, 0.15) is 11.1 Å². The normalized spacial score (nSPS) is 15.4. The van der Waals surface area contributed by atoms with E-state index in [9.17, 15) is 9.59 Å². The maximum absolute atomic E-state index is 13.6. The number of carbonyl (C=O) groups excluding carboxylic acids is 1. The van der Waals surface area contributed by atoms with Crippen LogP contribution in [0.4, 0.5) is 5.13 Å². The van der Waals surface area contributed by atoms with Crippen molar-refractivity contribution in [2.45, 2.75) is 13.0 Å². The first-order valence-corrected chi connectivity index (χ1v) is 10.3. The van der Waals surface area contributed by atoms with Crippen LogP contribution in [0.2, 0.25) is 0 Å². The summed E-state index contributed by atoms with van der Waals surface area (Å²) >= 11 is 1.21. The first-order chi connectivity index (χ1) is 15.0. The van der Waals surface area contributed by atoms with Crippen LogP contribution in [0.25, 0.3) is 11.0 Å². The van der Waals surface area contributed by atoms with Gasteiger partial charge in [-0.2, -0.15) is 0 Å². The molecule has 0 saturated heterocycles. The molecule has 1 aliphatic rings. The summed E-state index contributed by atoms with van der Waals surface area (Å²) in [6, 6.07) is 9.86. The first kappa shape index (κ1) is 19.3. The van der Waals surface area contributed by atoms with Gasteiger partial charge in [-0.25, -0.2) is 0 Å². The summed E-state index contributed by atoms with van der Waals surface area (Å²) in [6.45, 7) is 1.90. The largest absolute Gasteiger partial charge is 0.493 e. The van der Waals surface area contributed by atoms with Crippen molar-refractivity contribution >= 4 is 33.3 Å². The topological polar surface area (TPSA) is 94.8 Å². The van der Waals surface area contributed by atoms with Crippen molar-refractivity contribution in [2.24, 2.45) is 0 Å². The number of fused-ring (bicyclic) bond motifs is 2. The van der Waals surface area contributed by atoms with Crippen LogP contribution in [0.5, 0.6) is 11.5 Å². The number of hydrogen-bond donors (Lipinski definition) is 0. The van der Waals surface area contributed by atoms with Crippen LogP contribution in [0.1, 0.15) is 33.3 Å². The predicted molar refractivity (Wildman–Crippen MR) is 115 cm³/mol. The van der Waals surface area contributed by atoms with E-state index in [0.29, 0.717) is 33.2 Å². The molecule has 0 aliphatic carbocycles. The molecule has 0 unspecified atom stereocenters. The van der Waals surface area contributed by atoms with Gasteiger partial charge >= 0.3 is 0 Å². The molecule has 2 aromatic heterocycles. The minimum absolute atomic E-state index is 0.0105. The van der Waals surface area contributed by atoms with Crippen LogP contribution in [0.3, 0.4) is 0 Å². The van der Waals surface area contributed by atoms with Crippen LogP contribution in [0.15, 0.2) is 51.1 Å². The summed E-state index contributed by atoms with van der Waals surface area (Å²) in [4.78, 5) is 28.4. The molecular formula is C22H17N3O5S. The van der Waals surface area contributed by atoms with Gasteiger partial charge in [0.2, 0.25) is 10.9 Å². The zero-order valence-corrected chi connectivity index (χ0v) is 17.7. The highest BCUT2D eigenvalue weighted by Crippen LogP contribution is 2.43. The summed E-state index contributed by atoms with van der Waals surface area (Å²) < 4.78 is 16.7. The number of carbonyl (C=O) groups is 1. The van der Waals surface area contributed by atoms with Gasteiger partial charge in [0.15, 0.2) is 16.9 Å². The van der Waals surface area contributed by atoms with E-state index in [1.165, 1.54) is 28.9 Å². The molecule has 0 saturated carbocycles. The van der Waals surface area contributed by atoms with Crippen molar-refractivity contribution in [3.05, 3.63) is 74.6 Å². The van der Waals surface area contributed by atoms with Crippen molar-refractivity contribution in [3.8, 4) is 11.5 Å². The maximum Gasteiger partial charge on any atom is 0.297 e. The molecule has 8 nitrogen and oxygen atoms in total. The van der Waals surface area contributed by atoms with E-state index in [1.807, 2.05) is 13.0 Å². The molecule has 0 fully saturated rings. The molecule has 156 valence electrons. The second-order valence-electron chi connectivity index (χ2n) is 7.09. The third-order valence-corrected chi connectivity index (χ3v) is 5.99. The number of rotatable bonds is 4. The number of benzene rings is 2. The molecule has 1 atom stereocenters. The number of nitrogens with zero attached hydrogens (tertiary/aromatic N) is 3. The Morgan fingerprint density at radius 1 is 1.06 bits per heavy atom. The van der Waals surface area contributed by atoms with E-state index < -0.39 is 11.9 Å². The third kappa shape index (κ3) is 2.89. The van der Waals surface area contributed by atoms with E-state index in [4.69, 9.17) is 13.9 Å². The van der Waals surface area contributed by atoms with Crippen LogP contribution >= 0.6 is 11.3 Å². The van der Waals surface area contributed by atoms with Crippen molar-refractivity contribution in [1.29, 1.82) is 0 Å². The molecular weight excluding hydrogens is 418 g/mol. The second kappa shape index (κ2) is 7.21. The van der Waals surface area contributed by atoms with Gasteiger partial charge in [0.05, 0.1) is 31.2 Å². The van der Waals surface area contributed by atoms with Gasteiger partial charge in [-0.05, 0) is 36.8 Å². The molecule has 9 heteroatoms. The van der Waals surface area contributed by atoms with Gasteiger partial charge in [-0.15, -0.1) is 10.2 Å². The molecule has 0 N–H and O–H groups in total. The summed E-state index contributed by atoms with van der Waals surface area (Å²) in [7, 11) is 3.07. The average Bonchev–Trinajstić information content (AvgIpc) is 3.40. The Bertz CT molecular complexity index is 1380. The minimum atomic E-state index is -0.739. The Labute approximate surface area is 180 Å². The molecule has 31 heavy (non-hydrogen) atoms. The number of anilines is 1. The van der Waals surface area contributed by atoms with Crippen LogP contribution < -0.4 is 19.8 Å². The monoisotopic (exact) mass is 435 g/mol. The Balaban J connectivity index is 1.81. The summed E-state index contributed by atoms with van der Waals surface area (Å²) in [6.07, 6.45) is 0. The lowest BCUT2D eigenvalue weighted by Crippen LogP contribution is -2.29. The molecule has 0 bridgehead atoms. The highest BCUT2D eigenvalue weighted by atomic mass is 32.1. The van der Waals surface area contributed by atoms with Crippen molar-refractivity contribution in [2.75, 3.05) is 19.1 Å². The smallest absolute Gasteiger partial charge is 0.297 e. The van der Waals surface area contributed by atoms with E-state index in [1.54, 1.807) is 37.4 Å². The van der Waals surface area contributed by atoms with Crippen molar-refractivity contribution < 1.29 is 18.7 Å². The molecule has 1 aliphatic heterocycles. The average molecular weight is 435 g/mol.